The van der Waals surface area contributed by atoms with Crippen molar-refractivity contribution >= 4 is 12.0 Å². The Hall–Kier alpha value is -3.32. The summed E-state index contributed by atoms with van der Waals surface area (Å²) in [7, 11) is 1.71. The van der Waals surface area contributed by atoms with Gasteiger partial charge in [0.2, 0.25) is 0 Å². The number of nitrogens with one attached hydrogen (secondary N) is 1. The fourth-order valence-corrected chi connectivity index (χ4v) is 4.36. The van der Waals surface area contributed by atoms with E-state index in [-0.39, 0.29) is 12.6 Å². The van der Waals surface area contributed by atoms with Gasteiger partial charge in [-0.05, 0) is 62.7 Å². The molecule has 0 radical (unpaired) electrons. The third-order valence-electron chi connectivity index (χ3n) is 6.06. The van der Waals surface area contributed by atoms with Crippen LogP contribution in [0.25, 0.3) is 0 Å². The first-order valence-corrected chi connectivity index (χ1v) is 11.6. The van der Waals surface area contributed by atoms with E-state index < -0.39 is 12.0 Å². The predicted molar refractivity (Wildman–Crippen MR) is 126 cm³/mol. The van der Waals surface area contributed by atoms with Crippen LogP contribution in [0.2, 0.25) is 0 Å². The van der Waals surface area contributed by atoms with Gasteiger partial charge in [0, 0.05) is 19.3 Å². The molecule has 2 heterocycles. The Kier molecular flexibility index (Phi) is 7.29. The quantitative estimate of drug-likeness (QED) is 0.631. The zero-order chi connectivity index (χ0) is 23.2. The second kappa shape index (κ2) is 10.5. The number of rotatable bonds is 7. The van der Waals surface area contributed by atoms with Crippen LogP contribution in [0.15, 0.2) is 65.9 Å². The molecule has 7 nitrogen and oxygen atoms in total. The highest BCUT2D eigenvalue weighted by Gasteiger charge is 2.37. The number of ether oxygens (including phenoxy) is 2. The lowest BCUT2D eigenvalue weighted by Crippen LogP contribution is -2.49. The van der Waals surface area contributed by atoms with Crippen LogP contribution >= 0.6 is 0 Å². The number of benzene rings is 2. The van der Waals surface area contributed by atoms with Gasteiger partial charge in [0.25, 0.3) is 0 Å². The molecule has 2 aromatic carbocycles. The van der Waals surface area contributed by atoms with E-state index in [1.165, 1.54) is 6.42 Å². The van der Waals surface area contributed by atoms with E-state index in [1.54, 1.807) is 18.9 Å². The number of carbonyl (C=O) groups excluding carboxylic acids is 2. The lowest BCUT2D eigenvalue weighted by Gasteiger charge is -2.37. The highest BCUT2D eigenvalue weighted by atomic mass is 16.5. The molecule has 1 atom stereocenters. The number of carbonyl (C=O) groups is 2. The number of urea groups is 1. The van der Waals surface area contributed by atoms with Gasteiger partial charge in [-0.3, -0.25) is 9.80 Å². The smallest absolute Gasteiger partial charge is 0.338 e. The summed E-state index contributed by atoms with van der Waals surface area (Å²) < 4.78 is 11.4. The van der Waals surface area contributed by atoms with Crippen LogP contribution in [0.4, 0.5) is 4.79 Å². The molecule has 0 saturated carbocycles. The number of nitrogens with zero attached hydrogens (tertiary/aromatic N) is 2. The Morgan fingerprint density at radius 2 is 1.76 bits per heavy atom. The number of hydrogen-bond acceptors (Lipinski definition) is 5. The SMILES string of the molecule is CCOC(=O)C1=C(CN2CCCCC2)N(C)C(=O)NC1c1cccc(Oc2ccccc2)c1. The minimum atomic E-state index is -0.619. The molecular formula is C26H31N3O4. The lowest BCUT2D eigenvalue weighted by molar-refractivity contribution is -0.139. The van der Waals surface area contributed by atoms with Crippen molar-refractivity contribution in [1.82, 2.24) is 15.1 Å². The minimum Gasteiger partial charge on any atom is -0.463 e. The zero-order valence-corrected chi connectivity index (χ0v) is 19.3. The van der Waals surface area contributed by atoms with Gasteiger partial charge in [-0.25, -0.2) is 9.59 Å². The first-order chi connectivity index (χ1) is 16.1. The van der Waals surface area contributed by atoms with E-state index in [0.717, 1.165) is 31.5 Å². The van der Waals surface area contributed by atoms with Gasteiger partial charge >= 0.3 is 12.0 Å². The minimum absolute atomic E-state index is 0.241. The molecule has 33 heavy (non-hydrogen) atoms. The van der Waals surface area contributed by atoms with Gasteiger partial charge < -0.3 is 14.8 Å². The first-order valence-electron chi connectivity index (χ1n) is 11.6. The van der Waals surface area contributed by atoms with Gasteiger partial charge in [0.15, 0.2) is 0 Å². The average Bonchev–Trinajstić information content (AvgIpc) is 2.83. The van der Waals surface area contributed by atoms with Gasteiger partial charge in [0.05, 0.1) is 18.2 Å². The second-order valence-electron chi connectivity index (χ2n) is 8.35. The number of piperidine rings is 1. The topological polar surface area (TPSA) is 71.1 Å². The summed E-state index contributed by atoms with van der Waals surface area (Å²) in [5.74, 6) is 0.942. The summed E-state index contributed by atoms with van der Waals surface area (Å²) in [5, 5.41) is 2.98. The summed E-state index contributed by atoms with van der Waals surface area (Å²) in [5.41, 5.74) is 1.93. The monoisotopic (exact) mass is 449 g/mol. The fraction of sp³-hybridized carbons (Fsp3) is 0.385. The highest BCUT2D eigenvalue weighted by molar-refractivity contribution is 5.95. The van der Waals surface area contributed by atoms with Crippen LogP contribution in [-0.4, -0.2) is 55.1 Å². The van der Waals surface area contributed by atoms with Crippen molar-refractivity contribution in [3.63, 3.8) is 0 Å². The third kappa shape index (κ3) is 5.37. The van der Waals surface area contributed by atoms with Gasteiger partial charge in [0.1, 0.15) is 11.5 Å². The van der Waals surface area contributed by atoms with E-state index >= 15 is 0 Å². The number of hydrogen-bond donors (Lipinski definition) is 1. The Morgan fingerprint density at radius 1 is 1.03 bits per heavy atom. The van der Waals surface area contributed by atoms with E-state index in [0.29, 0.717) is 29.3 Å². The van der Waals surface area contributed by atoms with Gasteiger partial charge in [-0.1, -0.05) is 36.8 Å². The van der Waals surface area contributed by atoms with Crippen molar-refractivity contribution in [3.05, 3.63) is 71.4 Å². The Balaban J connectivity index is 1.71. The molecule has 7 heteroatoms. The van der Waals surface area contributed by atoms with Crippen LogP contribution in [0.1, 0.15) is 37.8 Å². The molecule has 1 fully saturated rings. The molecule has 0 aromatic heterocycles. The molecule has 2 aromatic rings. The molecule has 1 saturated heterocycles. The molecule has 2 aliphatic heterocycles. The standard InChI is InChI=1S/C26H31N3O4/c1-3-32-25(30)23-22(18-29-15-8-5-9-16-29)28(2)26(31)27-24(23)19-11-10-14-21(17-19)33-20-12-6-4-7-13-20/h4,6-7,10-14,17,24H,3,5,8-9,15-16,18H2,1-2H3,(H,27,31). The van der Waals surface area contributed by atoms with E-state index in [4.69, 9.17) is 9.47 Å². The number of likely N-dealkylation sites (N-methyl/N-ethyl adjacent to an activating group) is 1. The van der Waals surface area contributed by atoms with Crippen molar-refractivity contribution in [1.29, 1.82) is 0 Å². The summed E-state index contributed by atoms with van der Waals surface area (Å²) in [6.07, 6.45) is 3.47. The molecule has 0 aliphatic carbocycles. The maximum atomic E-state index is 13.2. The molecule has 2 aliphatic rings. The molecule has 174 valence electrons. The lowest BCUT2D eigenvalue weighted by atomic mass is 9.94. The molecular weight excluding hydrogens is 418 g/mol. The Labute approximate surface area is 195 Å². The molecule has 1 N–H and O–H groups in total. The number of likely N-dealkylation sites (tertiary alicyclic amines) is 1. The summed E-state index contributed by atoms with van der Waals surface area (Å²) in [6.45, 7) is 4.51. The number of para-hydroxylation sites is 1. The Morgan fingerprint density at radius 3 is 2.48 bits per heavy atom. The van der Waals surface area contributed by atoms with Crippen LogP contribution in [-0.2, 0) is 9.53 Å². The van der Waals surface area contributed by atoms with Crippen LogP contribution < -0.4 is 10.1 Å². The summed E-state index contributed by atoms with van der Waals surface area (Å²) in [6, 6.07) is 16.1. The van der Waals surface area contributed by atoms with E-state index in [9.17, 15) is 9.59 Å². The van der Waals surface area contributed by atoms with Crippen LogP contribution in [0, 0.1) is 0 Å². The van der Waals surface area contributed by atoms with Crippen molar-refractivity contribution in [2.45, 2.75) is 32.2 Å². The predicted octanol–water partition coefficient (Wildman–Crippen LogP) is 4.48. The zero-order valence-electron chi connectivity index (χ0n) is 19.3. The van der Waals surface area contributed by atoms with Crippen LogP contribution in [0.5, 0.6) is 11.5 Å². The van der Waals surface area contributed by atoms with Gasteiger partial charge in [-0.15, -0.1) is 0 Å². The maximum absolute atomic E-state index is 13.2. The highest BCUT2D eigenvalue weighted by Crippen LogP contribution is 2.34. The molecule has 1 unspecified atom stereocenters. The first kappa shape index (κ1) is 22.9. The number of esters is 1. The van der Waals surface area contributed by atoms with E-state index in [2.05, 4.69) is 10.2 Å². The maximum Gasteiger partial charge on any atom is 0.338 e. The fourth-order valence-electron chi connectivity index (χ4n) is 4.36. The summed E-state index contributed by atoms with van der Waals surface area (Å²) in [4.78, 5) is 29.9. The molecule has 0 bridgehead atoms. The van der Waals surface area contributed by atoms with Crippen molar-refractivity contribution in [2.75, 3.05) is 33.3 Å². The molecule has 0 spiro atoms. The average molecular weight is 450 g/mol. The normalized spacial score (nSPS) is 19.3. The molecule has 2 amide bonds. The molecule has 4 rings (SSSR count). The summed E-state index contributed by atoms with van der Waals surface area (Å²) >= 11 is 0. The third-order valence-corrected chi connectivity index (χ3v) is 6.06. The van der Waals surface area contributed by atoms with E-state index in [1.807, 2.05) is 54.6 Å². The van der Waals surface area contributed by atoms with Crippen molar-refractivity contribution in [2.24, 2.45) is 0 Å². The second-order valence-corrected chi connectivity index (χ2v) is 8.35. The largest absolute Gasteiger partial charge is 0.463 e. The van der Waals surface area contributed by atoms with Crippen molar-refractivity contribution < 1.29 is 19.1 Å². The Bertz CT molecular complexity index is 1020. The van der Waals surface area contributed by atoms with Crippen molar-refractivity contribution in [3.8, 4) is 11.5 Å². The number of amides is 2. The van der Waals surface area contributed by atoms with Gasteiger partial charge in [-0.2, -0.15) is 0 Å². The van der Waals surface area contributed by atoms with Crippen LogP contribution in [0.3, 0.4) is 0 Å².